The minimum absolute atomic E-state index is 0.00424. The van der Waals surface area contributed by atoms with E-state index in [-0.39, 0.29) is 23.1 Å². The molecule has 1 amide bonds. The number of hydrogen-bond acceptors (Lipinski definition) is 5. The highest BCUT2D eigenvalue weighted by Crippen LogP contribution is 2.36. The lowest BCUT2D eigenvalue weighted by Gasteiger charge is -2.15. The second-order valence-corrected chi connectivity index (χ2v) is 5.89. The van der Waals surface area contributed by atoms with Gasteiger partial charge in [-0.25, -0.2) is 4.79 Å². The van der Waals surface area contributed by atoms with Crippen LogP contribution in [0.5, 0.6) is 11.5 Å². The highest BCUT2D eigenvalue weighted by molar-refractivity contribution is 6.03. The third-order valence-electron chi connectivity index (χ3n) is 3.61. The number of hydrogen-bond donors (Lipinski definition) is 2. The SMILES string of the molecule is CC(C)Oc1cncc(-c2cc(C(=O)O)cc3c2OCCNC3=O)c1. The van der Waals surface area contributed by atoms with Crippen LogP contribution < -0.4 is 14.8 Å². The Morgan fingerprint density at radius 2 is 2.04 bits per heavy atom. The maximum Gasteiger partial charge on any atom is 0.335 e. The smallest absolute Gasteiger partial charge is 0.335 e. The molecule has 1 aromatic heterocycles. The Balaban J connectivity index is 2.18. The number of carbonyl (C=O) groups is 2. The topological polar surface area (TPSA) is 97.8 Å². The predicted molar refractivity (Wildman–Crippen MR) is 90.2 cm³/mol. The Morgan fingerprint density at radius 1 is 1.28 bits per heavy atom. The third kappa shape index (κ3) is 3.55. The second-order valence-electron chi connectivity index (χ2n) is 5.89. The molecule has 7 nitrogen and oxygen atoms in total. The summed E-state index contributed by atoms with van der Waals surface area (Å²) < 4.78 is 11.4. The Labute approximate surface area is 144 Å². The van der Waals surface area contributed by atoms with E-state index in [4.69, 9.17) is 9.47 Å². The van der Waals surface area contributed by atoms with Crippen molar-refractivity contribution in [2.75, 3.05) is 13.2 Å². The molecule has 1 aliphatic heterocycles. The van der Waals surface area contributed by atoms with Gasteiger partial charge in [0.05, 0.1) is 30.0 Å². The number of nitrogens with one attached hydrogen (secondary N) is 1. The molecular weight excluding hydrogens is 324 g/mol. The van der Waals surface area contributed by atoms with Gasteiger partial charge in [-0.1, -0.05) is 0 Å². The van der Waals surface area contributed by atoms with Gasteiger partial charge in [0.2, 0.25) is 0 Å². The normalized spacial score (nSPS) is 13.5. The Bertz CT molecular complexity index is 832. The van der Waals surface area contributed by atoms with Gasteiger partial charge in [-0.2, -0.15) is 0 Å². The van der Waals surface area contributed by atoms with Crippen LogP contribution in [0.25, 0.3) is 11.1 Å². The molecule has 7 heteroatoms. The second kappa shape index (κ2) is 6.80. The quantitative estimate of drug-likeness (QED) is 0.885. The summed E-state index contributed by atoms with van der Waals surface area (Å²) in [5.74, 6) is -0.577. The monoisotopic (exact) mass is 342 g/mol. The average molecular weight is 342 g/mol. The molecule has 0 spiro atoms. The van der Waals surface area contributed by atoms with E-state index in [0.29, 0.717) is 35.8 Å². The molecule has 0 unspecified atom stereocenters. The summed E-state index contributed by atoms with van der Waals surface area (Å²) in [6, 6.07) is 4.56. The first-order valence-corrected chi connectivity index (χ1v) is 7.90. The molecule has 0 aliphatic carbocycles. The zero-order valence-corrected chi connectivity index (χ0v) is 13.9. The van der Waals surface area contributed by atoms with E-state index in [1.165, 1.54) is 12.1 Å². The molecule has 2 aromatic rings. The van der Waals surface area contributed by atoms with Crippen LogP contribution in [-0.2, 0) is 0 Å². The average Bonchev–Trinajstić information content (AvgIpc) is 2.75. The number of aromatic carboxylic acids is 1. The molecule has 1 aliphatic rings. The molecule has 2 heterocycles. The van der Waals surface area contributed by atoms with E-state index in [1.54, 1.807) is 18.5 Å². The van der Waals surface area contributed by atoms with Crippen molar-refractivity contribution in [1.82, 2.24) is 10.3 Å². The van der Waals surface area contributed by atoms with Crippen LogP contribution in [0.4, 0.5) is 0 Å². The van der Waals surface area contributed by atoms with E-state index in [2.05, 4.69) is 10.3 Å². The lowest BCUT2D eigenvalue weighted by atomic mass is 9.98. The van der Waals surface area contributed by atoms with E-state index in [0.717, 1.165) is 0 Å². The van der Waals surface area contributed by atoms with Gasteiger partial charge in [-0.05, 0) is 32.0 Å². The Morgan fingerprint density at radius 3 is 2.76 bits per heavy atom. The molecule has 0 fully saturated rings. The first-order valence-electron chi connectivity index (χ1n) is 7.90. The van der Waals surface area contributed by atoms with Crippen LogP contribution >= 0.6 is 0 Å². The summed E-state index contributed by atoms with van der Waals surface area (Å²) in [7, 11) is 0. The predicted octanol–water partition coefficient (Wildman–Crippen LogP) is 2.36. The number of pyridine rings is 1. The van der Waals surface area contributed by atoms with Gasteiger partial charge in [0, 0.05) is 17.3 Å². The zero-order valence-electron chi connectivity index (χ0n) is 13.9. The van der Waals surface area contributed by atoms with Crippen LogP contribution in [0.1, 0.15) is 34.6 Å². The fourth-order valence-electron chi connectivity index (χ4n) is 2.61. The van der Waals surface area contributed by atoms with Gasteiger partial charge >= 0.3 is 5.97 Å². The van der Waals surface area contributed by atoms with Gasteiger partial charge < -0.3 is 19.9 Å². The number of rotatable bonds is 4. The summed E-state index contributed by atoms with van der Waals surface area (Å²) in [4.78, 5) is 27.9. The minimum Gasteiger partial charge on any atom is -0.490 e. The number of benzene rings is 1. The van der Waals surface area contributed by atoms with Gasteiger partial charge in [0.1, 0.15) is 18.1 Å². The summed E-state index contributed by atoms with van der Waals surface area (Å²) >= 11 is 0. The summed E-state index contributed by atoms with van der Waals surface area (Å²) in [6.07, 6.45) is 3.14. The first kappa shape index (κ1) is 16.8. The zero-order chi connectivity index (χ0) is 18.0. The molecule has 0 saturated carbocycles. The number of ether oxygens (including phenoxy) is 2. The fourth-order valence-corrected chi connectivity index (χ4v) is 2.61. The number of carbonyl (C=O) groups excluding carboxylic acids is 1. The number of carboxylic acids is 1. The van der Waals surface area contributed by atoms with Crippen molar-refractivity contribution in [2.45, 2.75) is 20.0 Å². The summed E-state index contributed by atoms with van der Waals surface area (Å²) in [5, 5.41) is 12.1. The molecule has 0 bridgehead atoms. The largest absolute Gasteiger partial charge is 0.490 e. The molecule has 0 radical (unpaired) electrons. The Hall–Kier alpha value is -3.09. The van der Waals surface area contributed by atoms with Crippen LogP contribution in [0, 0.1) is 0 Å². The number of fused-ring (bicyclic) bond motifs is 1. The lowest BCUT2D eigenvalue weighted by molar-refractivity contribution is 0.0697. The van der Waals surface area contributed by atoms with Gasteiger partial charge in [0.25, 0.3) is 5.91 Å². The van der Waals surface area contributed by atoms with Crippen molar-refractivity contribution >= 4 is 11.9 Å². The first-order chi connectivity index (χ1) is 12.0. The molecule has 2 N–H and O–H groups in total. The third-order valence-corrected chi connectivity index (χ3v) is 3.61. The highest BCUT2D eigenvalue weighted by Gasteiger charge is 2.24. The molecule has 1 aromatic carbocycles. The Kier molecular flexibility index (Phi) is 4.56. The molecule has 0 saturated heterocycles. The number of carboxylic acid groups (broad SMARTS) is 1. The minimum atomic E-state index is -1.12. The van der Waals surface area contributed by atoms with Crippen LogP contribution in [0.15, 0.2) is 30.6 Å². The number of nitrogens with zero attached hydrogens (tertiary/aromatic N) is 1. The van der Waals surface area contributed by atoms with Gasteiger partial charge in [-0.15, -0.1) is 0 Å². The van der Waals surface area contributed by atoms with E-state index in [9.17, 15) is 14.7 Å². The van der Waals surface area contributed by atoms with Crippen molar-refractivity contribution in [3.8, 4) is 22.6 Å². The summed E-state index contributed by atoms with van der Waals surface area (Å²) in [5.41, 5.74) is 1.31. The molecule has 130 valence electrons. The van der Waals surface area contributed by atoms with Crippen LogP contribution in [-0.4, -0.2) is 41.2 Å². The maximum absolute atomic E-state index is 12.3. The van der Waals surface area contributed by atoms with Crippen LogP contribution in [0.3, 0.4) is 0 Å². The lowest BCUT2D eigenvalue weighted by Crippen LogP contribution is -2.24. The van der Waals surface area contributed by atoms with Gasteiger partial charge in [0.15, 0.2) is 0 Å². The molecule has 0 atom stereocenters. The van der Waals surface area contributed by atoms with Crippen LogP contribution in [0.2, 0.25) is 0 Å². The van der Waals surface area contributed by atoms with E-state index >= 15 is 0 Å². The number of amides is 1. The van der Waals surface area contributed by atoms with Crippen molar-refractivity contribution in [2.24, 2.45) is 0 Å². The molecule has 25 heavy (non-hydrogen) atoms. The van der Waals surface area contributed by atoms with Crippen molar-refractivity contribution < 1.29 is 24.2 Å². The highest BCUT2D eigenvalue weighted by atomic mass is 16.5. The molecular formula is C18H18N2O5. The van der Waals surface area contributed by atoms with Gasteiger partial charge in [-0.3, -0.25) is 9.78 Å². The molecule has 3 rings (SSSR count). The van der Waals surface area contributed by atoms with E-state index < -0.39 is 5.97 Å². The standard InChI is InChI=1S/C18H18N2O5/c1-10(2)25-13-5-12(8-19-9-13)14-6-11(18(22)23)7-15-16(14)24-4-3-20-17(15)21/h5-10H,3-4H2,1-2H3,(H,20,21)(H,22,23). The van der Waals surface area contributed by atoms with Crippen molar-refractivity contribution in [3.63, 3.8) is 0 Å². The summed E-state index contributed by atoms with van der Waals surface area (Å²) in [6.45, 7) is 4.45. The van der Waals surface area contributed by atoms with Crippen molar-refractivity contribution in [1.29, 1.82) is 0 Å². The fraction of sp³-hybridized carbons (Fsp3) is 0.278. The maximum atomic E-state index is 12.3. The number of aromatic nitrogens is 1. The van der Waals surface area contributed by atoms with E-state index in [1.807, 2.05) is 13.8 Å². The van der Waals surface area contributed by atoms with Crippen molar-refractivity contribution in [3.05, 3.63) is 41.7 Å².